The molecule has 0 atom stereocenters. The Bertz CT molecular complexity index is 1160. The summed E-state index contributed by atoms with van der Waals surface area (Å²) >= 11 is 7.63. The fraction of sp³-hybridized carbons (Fsp3) is 0.120. The van der Waals surface area contributed by atoms with Crippen LogP contribution in [0, 0.1) is 0 Å². The molecule has 3 aromatic rings. The van der Waals surface area contributed by atoms with Crippen molar-refractivity contribution < 1.29 is 9.59 Å². The van der Waals surface area contributed by atoms with Crippen LogP contribution < -0.4 is 10.2 Å². The average Bonchev–Trinajstić information content (AvgIpc) is 2.79. The molecular weight excluding hydrogens is 428 g/mol. The van der Waals surface area contributed by atoms with Gasteiger partial charge in [-0.15, -0.1) is 0 Å². The van der Waals surface area contributed by atoms with E-state index in [1.807, 2.05) is 54.6 Å². The first kappa shape index (κ1) is 21.2. The number of amides is 2. The van der Waals surface area contributed by atoms with Crippen molar-refractivity contribution in [1.29, 1.82) is 0 Å². The summed E-state index contributed by atoms with van der Waals surface area (Å²) in [5.41, 5.74) is 3.23. The van der Waals surface area contributed by atoms with Gasteiger partial charge in [-0.25, -0.2) is 0 Å². The molecule has 2 amide bonds. The number of hydrogen-bond donors (Lipinski definition) is 1. The summed E-state index contributed by atoms with van der Waals surface area (Å²) in [6.45, 7) is 0.550. The molecular formula is C25H21ClN2O2S. The van der Waals surface area contributed by atoms with E-state index in [0.717, 1.165) is 22.6 Å². The third kappa shape index (κ3) is 4.84. The maximum absolute atomic E-state index is 12.9. The summed E-state index contributed by atoms with van der Waals surface area (Å²) in [6, 6.07) is 22.9. The second kappa shape index (κ2) is 9.41. The lowest BCUT2D eigenvalue weighted by atomic mass is 10.1. The number of anilines is 1. The molecule has 0 fully saturated rings. The van der Waals surface area contributed by atoms with Gasteiger partial charge >= 0.3 is 0 Å². The van der Waals surface area contributed by atoms with E-state index in [2.05, 4.69) is 5.32 Å². The zero-order valence-electron chi connectivity index (χ0n) is 17.0. The number of nitrogens with zero attached hydrogens (tertiary/aromatic N) is 1. The van der Waals surface area contributed by atoms with Crippen LogP contribution in [0.15, 0.2) is 82.6 Å². The Morgan fingerprint density at radius 2 is 1.81 bits per heavy atom. The van der Waals surface area contributed by atoms with Crippen molar-refractivity contribution in [3.8, 4) is 0 Å². The molecule has 0 aliphatic carbocycles. The third-order valence-corrected chi connectivity index (χ3v) is 6.47. The number of carbonyl (C=O) groups excluding carboxylic acids is 2. The quantitative estimate of drug-likeness (QED) is 0.530. The van der Waals surface area contributed by atoms with Gasteiger partial charge in [0.15, 0.2) is 0 Å². The Morgan fingerprint density at radius 3 is 2.58 bits per heavy atom. The number of benzene rings is 3. The Hall–Kier alpha value is -3.02. The van der Waals surface area contributed by atoms with Gasteiger partial charge in [0.05, 0.1) is 10.6 Å². The molecule has 0 saturated heterocycles. The predicted molar refractivity (Wildman–Crippen MR) is 128 cm³/mol. The van der Waals surface area contributed by atoms with Crippen LogP contribution in [0.3, 0.4) is 0 Å². The number of likely N-dealkylation sites (N-methyl/N-ethyl adjacent to an activating group) is 1. The molecule has 0 unspecified atom stereocenters. The second-order valence-corrected chi connectivity index (χ2v) is 8.66. The lowest BCUT2D eigenvalue weighted by Gasteiger charge is -2.27. The van der Waals surface area contributed by atoms with Crippen molar-refractivity contribution in [1.82, 2.24) is 5.32 Å². The van der Waals surface area contributed by atoms with Crippen molar-refractivity contribution in [2.24, 2.45) is 0 Å². The summed E-state index contributed by atoms with van der Waals surface area (Å²) in [6.07, 6.45) is 2.57. The minimum absolute atomic E-state index is 0.126. The van der Waals surface area contributed by atoms with Crippen LogP contribution in [0.25, 0.3) is 6.08 Å². The minimum Gasteiger partial charge on any atom is -0.352 e. The fourth-order valence-corrected chi connectivity index (χ4v) is 4.61. The van der Waals surface area contributed by atoms with Gasteiger partial charge in [-0.1, -0.05) is 71.9 Å². The highest BCUT2D eigenvalue weighted by molar-refractivity contribution is 8.04. The Kier molecular flexibility index (Phi) is 6.44. The van der Waals surface area contributed by atoms with Crippen LogP contribution in [-0.2, 0) is 11.2 Å². The summed E-state index contributed by atoms with van der Waals surface area (Å²) in [7, 11) is 1.72. The molecule has 1 N–H and O–H groups in total. The zero-order valence-corrected chi connectivity index (χ0v) is 18.5. The maximum atomic E-state index is 12.9. The van der Waals surface area contributed by atoms with Crippen LogP contribution in [-0.4, -0.2) is 25.4 Å². The molecule has 156 valence electrons. The Morgan fingerprint density at radius 1 is 1.06 bits per heavy atom. The molecule has 1 aliphatic rings. The number of nitrogens with one attached hydrogen (secondary N) is 1. The molecule has 31 heavy (non-hydrogen) atoms. The number of fused-ring (bicyclic) bond motifs is 1. The highest BCUT2D eigenvalue weighted by Gasteiger charge is 2.27. The molecule has 6 heteroatoms. The van der Waals surface area contributed by atoms with E-state index in [-0.39, 0.29) is 11.8 Å². The first-order valence-corrected chi connectivity index (χ1v) is 11.1. The molecule has 3 aromatic carbocycles. The largest absolute Gasteiger partial charge is 0.352 e. The summed E-state index contributed by atoms with van der Waals surface area (Å²) in [5, 5.41) is 3.55. The average molecular weight is 449 g/mol. The van der Waals surface area contributed by atoms with Crippen molar-refractivity contribution in [3.63, 3.8) is 0 Å². The normalized spacial score (nSPS) is 14.5. The summed E-state index contributed by atoms with van der Waals surface area (Å²) in [4.78, 5) is 28.6. The summed E-state index contributed by atoms with van der Waals surface area (Å²) < 4.78 is 0. The smallest absolute Gasteiger partial charge is 0.264 e. The van der Waals surface area contributed by atoms with Gasteiger partial charge in [-0.05, 0) is 47.9 Å². The maximum Gasteiger partial charge on any atom is 0.264 e. The standard InChI is InChI=1S/C25H21ClN2O2S/c1-28-21-15-19(24(29)27-14-13-17-7-3-2-4-8-17)11-12-22(21)31-23(25(28)30)16-18-9-5-6-10-20(18)26/h2-12,15-16H,13-14H2,1H3,(H,27,29). The highest BCUT2D eigenvalue weighted by atomic mass is 35.5. The number of hydrogen-bond acceptors (Lipinski definition) is 3. The van der Waals surface area contributed by atoms with Gasteiger partial charge in [-0.3, -0.25) is 9.59 Å². The van der Waals surface area contributed by atoms with Gasteiger partial charge in [0.2, 0.25) is 0 Å². The van der Waals surface area contributed by atoms with Crippen LogP contribution in [0.2, 0.25) is 5.02 Å². The van der Waals surface area contributed by atoms with E-state index in [1.54, 1.807) is 36.2 Å². The lowest BCUT2D eigenvalue weighted by Crippen LogP contribution is -2.31. The second-order valence-electron chi connectivity index (χ2n) is 7.17. The van der Waals surface area contributed by atoms with Crippen LogP contribution in [0.1, 0.15) is 21.5 Å². The van der Waals surface area contributed by atoms with Gasteiger partial charge < -0.3 is 10.2 Å². The summed E-state index contributed by atoms with van der Waals surface area (Å²) in [5.74, 6) is -0.277. The van der Waals surface area contributed by atoms with Crippen LogP contribution in [0.5, 0.6) is 0 Å². The zero-order chi connectivity index (χ0) is 21.8. The molecule has 4 nitrogen and oxygen atoms in total. The Labute approximate surface area is 190 Å². The first-order chi connectivity index (χ1) is 15.0. The molecule has 4 rings (SSSR count). The minimum atomic E-state index is -0.151. The lowest BCUT2D eigenvalue weighted by molar-refractivity contribution is -0.114. The van der Waals surface area contributed by atoms with Gasteiger partial charge in [-0.2, -0.15) is 0 Å². The molecule has 0 spiro atoms. The van der Waals surface area contributed by atoms with Crippen LogP contribution >= 0.6 is 23.4 Å². The van der Waals surface area contributed by atoms with E-state index in [4.69, 9.17) is 11.6 Å². The number of thioether (sulfide) groups is 1. The molecule has 0 radical (unpaired) electrons. The predicted octanol–water partition coefficient (Wildman–Crippen LogP) is 5.42. The van der Waals surface area contributed by atoms with E-state index in [9.17, 15) is 9.59 Å². The van der Waals surface area contributed by atoms with Crippen LogP contribution in [0.4, 0.5) is 5.69 Å². The van der Waals surface area contributed by atoms with E-state index >= 15 is 0 Å². The topological polar surface area (TPSA) is 49.4 Å². The first-order valence-electron chi connectivity index (χ1n) is 9.91. The molecule has 1 aliphatic heterocycles. The van der Waals surface area contributed by atoms with Crippen molar-refractivity contribution in [2.75, 3.05) is 18.5 Å². The van der Waals surface area contributed by atoms with Gasteiger partial charge in [0.1, 0.15) is 0 Å². The molecule has 0 aromatic heterocycles. The third-order valence-electron chi connectivity index (χ3n) is 5.05. The van der Waals surface area contributed by atoms with Gasteiger partial charge in [0, 0.05) is 29.1 Å². The SMILES string of the molecule is CN1C(=O)C(=Cc2ccccc2Cl)Sc2ccc(C(=O)NCCc3ccccc3)cc21. The number of carbonyl (C=O) groups is 2. The number of halogens is 1. The van der Waals surface area contributed by atoms with Crippen molar-refractivity contribution >= 4 is 46.9 Å². The van der Waals surface area contributed by atoms with E-state index in [0.29, 0.717) is 22.0 Å². The monoisotopic (exact) mass is 448 g/mol. The number of rotatable bonds is 5. The van der Waals surface area contributed by atoms with Gasteiger partial charge in [0.25, 0.3) is 11.8 Å². The van der Waals surface area contributed by atoms with E-state index < -0.39 is 0 Å². The molecule has 1 heterocycles. The highest BCUT2D eigenvalue weighted by Crippen LogP contribution is 2.42. The van der Waals surface area contributed by atoms with Crippen molar-refractivity contribution in [3.05, 3.63) is 99.4 Å². The fourth-order valence-electron chi connectivity index (χ4n) is 3.34. The molecule has 0 bridgehead atoms. The Balaban J connectivity index is 1.49. The van der Waals surface area contributed by atoms with E-state index in [1.165, 1.54) is 17.3 Å². The molecule has 0 saturated carbocycles. The van der Waals surface area contributed by atoms with Crippen molar-refractivity contribution in [2.45, 2.75) is 11.3 Å².